The van der Waals surface area contributed by atoms with E-state index >= 15 is 0 Å². The number of rotatable bonds is 8. The average Bonchev–Trinajstić information content (AvgIpc) is 3.44. The number of sulfonamides is 1. The molecule has 1 saturated heterocycles. The van der Waals surface area contributed by atoms with Crippen LogP contribution in [-0.2, 0) is 14.8 Å². The van der Waals surface area contributed by atoms with E-state index in [1.165, 1.54) is 48.0 Å². The molecule has 1 spiro atoms. The number of carbonyl (C=O) groups excluding carboxylic acids is 1. The first kappa shape index (κ1) is 29.3. The van der Waals surface area contributed by atoms with E-state index in [9.17, 15) is 23.1 Å². The number of piperidine rings is 1. The molecule has 2 aliphatic heterocycles. The van der Waals surface area contributed by atoms with Crippen LogP contribution in [0.25, 0.3) is 11.8 Å². The summed E-state index contributed by atoms with van der Waals surface area (Å²) in [6.45, 7) is 6.34. The number of aromatic amines is 1. The number of amides is 1. The number of nitrogens with one attached hydrogen (secondary N) is 2. The van der Waals surface area contributed by atoms with Gasteiger partial charge in [-0.25, -0.2) is 17.8 Å². The Morgan fingerprint density at radius 2 is 1.76 bits per heavy atom. The lowest BCUT2D eigenvalue weighted by molar-refractivity contribution is -0.125. The van der Waals surface area contributed by atoms with Crippen LogP contribution in [-0.4, -0.2) is 57.8 Å². The number of carbonyl (C=O) groups is 1. The lowest BCUT2D eigenvalue weighted by Gasteiger charge is -2.34. The fourth-order valence-electron chi connectivity index (χ4n) is 6.59. The summed E-state index contributed by atoms with van der Waals surface area (Å²) in [4.78, 5) is 32.5. The molecular formula is C30H41N5O5S. The first-order valence-electron chi connectivity index (χ1n) is 14.7. The summed E-state index contributed by atoms with van der Waals surface area (Å²) < 4.78 is 29.1. The number of hydrogen-bond donors (Lipinski definition) is 3. The summed E-state index contributed by atoms with van der Waals surface area (Å²) in [6.07, 6.45) is 11.8. The lowest BCUT2D eigenvalue weighted by atomic mass is 9.79. The smallest absolute Gasteiger partial charge is 0.333 e. The van der Waals surface area contributed by atoms with E-state index in [-0.39, 0.29) is 24.9 Å². The molecule has 1 amide bonds. The SMILES string of the molecule is CCCCC1CCC(C2=NC3(CCN(S(=O)(=O)C=Cc4c(C)cc(-n5c(O)c[nH]c5=O)cc4C)CC3)C(=O)N2)CC1. The van der Waals surface area contributed by atoms with Crippen LogP contribution in [0.15, 0.2) is 33.5 Å². The van der Waals surface area contributed by atoms with E-state index in [0.717, 1.165) is 45.9 Å². The monoisotopic (exact) mass is 583 g/mol. The van der Waals surface area contributed by atoms with Crippen LogP contribution in [0, 0.1) is 25.7 Å². The average molecular weight is 584 g/mol. The van der Waals surface area contributed by atoms with Crippen molar-refractivity contribution in [1.29, 1.82) is 0 Å². The number of aliphatic imine (C=N–C) groups is 1. The Balaban J connectivity index is 1.24. The molecule has 3 N–H and O–H groups in total. The van der Waals surface area contributed by atoms with Gasteiger partial charge in [-0.2, -0.15) is 4.31 Å². The normalized spacial score (nSPS) is 23.3. The van der Waals surface area contributed by atoms with Crippen molar-refractivity contribution >= 4 is 27.8 Å². The van der Waals surface area contributed by atoms with Crippen LogP contribution >= 0.6 is 0 Å². The van der Waals surface area contributed by atoms with Gasteiger partial charge in [0.25, 0.3) is 5.91 Å². The van der Waals surface area contributed by atoms with Gasteiger partial charge in [-0.3, -0.25) is 9.79 Å². The predicted octanol–water partition coefficient (Wildman–Crippen LogP) is 4.15. The first-order chi connectivity index (χ1) is 19.5. The van der Waals surface area contributed by atoms with E-state index in [1.54, 1.807) is 18.2 Å². The number of unbranched alkanes of at least 4 members (excludes halogenated alkanes) is 1. The number of aromatic hydroxyl groups is 1. The molecule has 1 saturated carbocycles. The Morgan fingerprint density at radius 1 is 1.10 bits per heavy atom. The highest BCUT2D eigenvalue weighted by molar-refractivity contribution is 7.92. The van der Waals surface area contributed by atoms with Crippen LogP contribution in [0.5, 0.6) is 5.88 Å². The molecule has 5 rings (SSSR count). The molecule has 1 aromatic heterocycles. The summed E-state index contributed by atoms with van der Waals surface area (Å²) in [5.74, 6) is 1.59. The molecule has 2 fully saturated rings. The van der Waals surface area contributed by atoms with Crippen molar-refractivity contribution in [3.63, 3.8) is 0 Å². The number of nitrogens with zero attached hydrogens (tertiary/aromatic N) is 3. The molecule has 1 aliphatic carbocycles. The number of aryl methyl sites for hydroxylation is 2. The highest BCUT2D eigenvalue weighted by Crippen LogP contribution is 2.37. The number of benzene rings is 1. The van der Waals surface area contributed by atoms with Gasteiger partial charge in [-0.1, -0.05) is 26.2 Å². The Kier molecular flexibility index (Phi) is 8.29. The minimum Gasteiger partial charge on any atom is -0.493 e. The molecule has 0 atom stereocenters. The van der Waals surface area contributed by atoms with E-state index in [0.29, 0.717) is 24.4 Å². The Morgan fingerprint density at radius 3 is 2.34 bits per heavy atom. The number of imidazole rings is 1. The second kappa shape index (κ2) is 11.6. The van der Waals surface area contributed by atoms with Crippen LogP contribution in [0.4, 0.5) is 0 Å². The molecule has 11 heteroatoms. The summed E-state index contributed by atoms with van der Waals surface area (Å²) >= 11 is 0. The lowest BCUT2D eigenvalue weighted by Crippen LogP contribution is -2.50. The van der Waals surface area contributed by atoms with E-state index in [4.69, 9.17) is 4.99 Å². The zero-order valence-electron chi connectivity index (χ0n) is 24.1. The van der Waals surface area contributed by atoms with Gasteiger partial charge >= 0.3 is 5.69 Å². The third-order valence-electron chi connectivity index (χ3n) is 9.11. The van der Waals surface area contributed by atoms with Gasteiger partial charge in [-0.15, -0.1) is 0 Å². The maximum absolute atomic E-state index is 13.2. The second-order valence-electron chi connectivity index (χ2n) is 11.9. The zero-order valence-corrected chi connectivity index (χ0v) is 25.0. The molecule has 0 bridgehead atoms. The largest absolute Gasteiger partial charge is 0.493 e. The summed E-state index contributed by atoms with van der Waals surface area (Å²) in [7, 11) is -3.72. The van der Waals surface area contributed by atoms with Crippen LogP contribution in [0.3, 0.4) is 0 Å². The van der Waals surface area contributed by atoms with Crippen molar-refractivity contribution < 1.29 is 18.3 Å². The van der Waals surface area contributed by atoms with Crippen LogP contribution < -0.4 is 11.0 Å². The molecule has 10 nitrogen and oxygen atoms in total. The number of hydrogen-bond acceptors (Lipinski definition) is 6. The van der Waals surface area contributed by atoms with Gasteiger partial charge in [0.15, 0.2) is 0 Å². The van der Waals surface area contributed by atoms with Crippen molar-refractivity contribution in [2.24, 2.45) is 16.8 Å². The molecule has 0 unspecified atom stereocenters. The predicted molar refractivity (Wildman–Crippen MR) is 160 cm³/mol. The minimum atomic E-state index is -3.72. The van der Waals surface area contributed by atoms with Gasteiger partial charge in [0, 0.05) is 24.4 Å². The Labute approximate surface area is 241 Å². The minimum absolute atomic E-state index is 0.0906. The summed E-state index contributed by atoms with van der Waals surface area (Å²) in [5.41, 5.74) is 1.42. The van der Waals surface area contributed by atoms with Gasteiger partial charge in [0.1, 0.15) is 11.4 Å². The summed E-state index contributed by atoms with van der Waals surface area (Å²) in [6, 6.07) is 3.45. The van der Waals surface area contributed by atoms with Gasteiger partial charge in [0.2, 0.25) is 15.9 Å². The zero-order chi connectivity index (χ0) is 29.4. The molecule has 0 radical (unpaired) electrons. The number of aromatic nitrogens is 2. The number of H-pyrrole nitrogens is 1. The molecule has 1 aromatic carbocycles. The van der Waals surface area contributed by atoms with Crippen molar-refractivity contribution in [1.82, 2.24) is 19.2 Å². The van der Waals surface area contributed by atoms with Crippen molar-refractivity contribution in [2.75, 3.05) is 13.1 Å². The van der Waals surface area contributed by atoms with Crippen molar-refractivity contribution in [2.45, 2.75) is 84.1 Å². The van der Waals surface area contributed by atoms with E-state index < -0.39 is 21.3 Å². The second-order valence-corrected chi connectivity index (χ2v) is 13.7. The van der Waals surface area contributed by atoms with Gasteiger partial charge < -0.3 is 15.4 Å². The van der Waals surface area contributed by atoms with Crippen LogP contribution in [0.1, 0.15) is 81.4 Å². The standard InChI is InChI=1S/C30H41N5O5S/c1-4-5-6-22-7-9-23(10-8-22)27-32-28(37)30(33-27)12-14-34(15-13-30)41(39,40)16-11-25-20(2)17-24(18-21(25)3)35-26(36)19-31-29(35)38/h11,16-19,22-23,36H,4-10,12-15H2,1-3H3,(H,31,38)(H,32,33,37). The topological polar surface area (TPSA) is 137 Å². The molecular weight excluding hydrogens is 542 g/mol. The highest BCUT2D eigenvalue weighted by atomic mass is 32.2. The molecule has 3 heterocycles. The van der Waals surface area contributed by atoms with Crippen LogP contribution in [0.2, 0.25) is 0 Å². The molecule has 3 aliphatic rings. The summed E-state index contributed by atoms with van der Waals surface area (Å²) in [5, 5.41) is 14.3. The molecule has 2 aromatic rings. The maximum Gasteiger partial charge on any atom is 0.333 e. The van der Waals surface area contributed by atoms with E-state index in [1.807, 2.05) is 13.8 Å². The maximum atomic E-state index is 13.2. The van der Waals surface area contributed by atoms with E-state index in [2.05, 4.69) is 17.2 Å². The number of amidine groups is 1. The Hall–Kier alpha value is -3.18. The fourth-order valence-corrected chi connectivity index (χ4v) is 7.77. The van der Waals surface area contributed by atoms with Gasteiger partial charge in [0.05, 0.1) is 11.9 Å². The highest BCUT2D eigenvalue weighted by Gasteiger charge is 2.48. The third-order valence-corrected chi connectivity index (χ3v) is 10.7. The quantitative estimate of drug-likeness (QED) is 0.429. The van der Waals surface area contributed by atoms with Crippen molar-refractivity contribution in [3.8, 4) is 11.6 Å². The molecule has 222 valence electrons. The van der Waals surface area contributed by atoms with Crippen molar-refractivity contribution in [3.05, 3.63) is 50.9 Å². The molecule has 41 heavy (non-hydrogen) atoms. The fraction of sp³-hybridized carbons (Fsp3) is 0.567. The third kappa shape index (κ3) is 5.92. The first-order valence-corrected chi connectivity index (χ1v) is 16.2. The Bertz CT molecular complexity index is 1500. The van der Waals surface area contributed by atoms with Gasteiger partial charge in [-0.05, 0) is 93.2 Å².